The Morgan fingerprint density at radius 3 is 2.48 bits per heavy atom. The van der Waals surface area contributed by atoms with Crippen LogP contribution in [0.5, 0.6) is 0 Å². The molecule has 3 N–H and O–H groups in total. The van der Waals surface area contributed by atoms with Gasteiger partial charge in [0.1, 0.15) is 11.7 Å². The first-order chi connectivity index (χ1) is 23.9. The molecule has 276 valence electrons. The van der Waals surface area contributed by atoms with Crippen LogP contribution < -0.4 is 10.6 Å². The molecular formula is C36H49ClF3N5O5. The molecule has 0 spiro atoms. The van der Waals surface area contributed by atoms with E-state index in [1.165, 1.54) is 13.0 Å². The van der Waals surface area contributed by atoms with Crippen LogP contribution >= 0.6 is 11.6 Å². The molecule has 2 saturated heterocycles. The number of urea groups is 1. The van der Waals surface area contributed by atoms with Crippen LogP contribution in [-0.2, 0) is 16.0 Å². The highest BCUT2D eigenvalue weighted by Crippen LogP contribution is 2.45. The first-order valence-electron chi connectivity index (χ1n) is 17.9. The van der Waals surface area contributed by atoms with Crippen LogP contribution in [0.15, 0.2) is 46.7 Å². The van der Waals surface area contributed by atoms with E-state index in [2.05, 4.69) is 15.5 Å². The van der Waals surface area contributed by atoms with Gasteiger partial charge in [0.2, 0.25) is 0 Å². The summed E-state index contributed by atoms with van der Waals surface area (Å²) in [6.07, 6.45) is 0.363. The van der Waals surface area contributed by atoms with E-state index in [1.54, 1.807) is 9.80 Å². The number of nitrogens with one attached hydrogen (secondary N) is 2. The van der Waals surface area contributed by atoms with E-state index >= 15 is 0 Å². The zero-order chi connectivity index (χ0) is 36.0. The van der Waals surface area contributed by atoms with Crippen molar-refractivity contribution in [1.82, 2.24) is 20.0 Å². The largest absolute Gasteiger partial charge is 0.510 e. The summed E-state index contributed by atoms with van der Waals surface area (Å²) in [5.41, 5.74) is 1.99. The van der Waals surface area contributed by atoms with Gasteiger partial charge in [-0.1, -0.05) is 55.6 Å². The number of fused-ring (bicyclic) bond motifs is 1. The summed E-state index contributed by atoms with van der Waals surface area (Å²) in [5.74, 6) is -4.92. The number of para-hydroxylation sites is 1. The molecule has 50 heavy (non-hydrogen) atoms. The Morgan fingerprint density at radius 2 is 1.80 bits per heavy atom. The quantitative estimate of drug-likeness (QED) is 0.227. The van der Waals surface area contributed by atoms with E-state index in [4.69, 9.17) is 16.3 Å². The topological polar surface area (TPSA) is 114 Å². The molecule has 0 radical (unpaired) electrons. The molecule has 10 nitrogen and oxygen atoms in total. The fourth-order valence-corrected chi connectivity index (χ4v) is 8.10. The minimum Gasteiger partial charge on any atom is -0.510 e. The Bertz CT molecular complexity index is 1440. The Hall–Kier alpha value is -3.45. The van der Waals surface area contributed by atoms with Gasteiger partial charge < -0.3 is 35.2 Å². The number of hydrogen-bond donors (Lipinski definition) is 3. The monoisotopic (exact) mass is 723 g/mol. The molecule has 0 saturated carbocycles. The Kier molecular flexibility index (Phi) is 12.6. The molecule has 0 aromatic heterocycles. The predicted octanol–water partition coefficient (Wildman–Crippen LogP) is 6.97. The summed E-state index contributed by atoms with van der Waals surface area (Å²) in [6.45, 7) is 6.97. The van der Waals surface area contributed by atoms with Crippen LogP contribution in [-0.4, -0.2) is 101 Å². The minimum absolute atomic E-state index is 0.153. The molecule has 5 rings (SSSR count). The van der Waals surface area contributed by atoms with E-state index in [0.29, 0.717) is 44.9 Å². The summed E-state index contributed by atoms with van der Waals surface area (Å²) in [4.78, 5) is 46.2. The maximum atomic E-state index is 14.0. The maximum Gasteiger partial charge on any atom is 0.407 e. The van der Waals surface area contributed by atoms with Gasteiger partial charge in [0.05, 0.1) is 5.03 Å². The highest BCUT2D eigenvalue weighted by atomic mass is 35.5. The summed E-state index contributed by atoms with van der Waals surface area (Å²) in [5, 5.41) is 15.4. The minimum atomic E-state index is -4.78. The number of aliphatic hydroxyl groups is 1. The number of allylic oxidation sites excluding steroid dienone is 3. The maximum absolute atomic E-state index is 14.0. The van der Waals surface area contributed by atoms with Gasteiger partial charge in [0.15, 0.2) is 6.10 Å². The van der Waals surface area contributed by atoms with E-state index in [9.17, 15) is 32.7 Å². The number of likely N-dealkylation sites (tertiary alicyclic amines) is 2. The van der Waals surface area contributed by atoms with Gasteiger partial charge in [-0.25, -0.2) is 9.59 Å². The number of hydrogen-bond acceptors (Lipinski definition) is 6. The molecule has 4 aliphatic rings. The molecule has 0 bridgehead atoms. The third kappa shape index (κ3) is 9.06. The van der Waals surface area contributed by atoms with Crippen LogP contribution in [0, 0.1) is 11.8 Å². The number of ether oxygens (including phenoxy) is 1. The standard InChI is InChI=1S/C36H49ClF3N5O5/c1-3-8-27(45-20-12-24-9-4-5-10-29(24)42-34(45)48)11-15-41-35(49)50-30(22-25-21-28(37)32(46)31(23(25)2)36(38,39)40)33(47)44-18-13-26(14-19-44)43-16-6-7-17-43/h4-5,9-10,21,23,26-27,30-31,46H,3,6-8,11-20,22H2,1-2H3,(H,41,49)(H,42,48)/t23?,27?,30-,31?/m1/s1. The van der Waals surface area contributed by atoms with Crippen LogP contribution in [0.4, 0.5) is 28.4 Å². The van der Waals surface area contributed by atoms with Gasteiger partial charge in [0, 0.05) is 50.4 Å². The predicted molar refractivity (Wildman–Crippen MR) is 185 cm³/mol. The summed E-state index contributed by atoms with van der Waals surface area (Å²) >= 11 is 6.06. The molecule has 1 aromatic carbocycles. The number of carbonyl (C=O) groups is 3. The number of rotatable bonds is 11. The lowest BCUT2D eigenvalue weighted by molar-refractivity contribution is -0.181. The van der Waals surface area contributed by atoms with E-state index in [-0.39, 0.29) is 30.6 Å². The van der Waals surface area contributed by atoms with Crippen molar-refractivity contribution in [3.8, 4) is 0 Å². The first kappa shape index (κ1) is 37.8. The molecule has 1 aromatic rings. The van der Waals surface area contributed by atoms with Gasteiger partial charge in [-0.15, -0.1) is 0 Å². The number of nitrogens with zero attached hydrogens (tertiary/aromatic N) is 3. The Labute approximate surface area is 297 Å². The molecular weight excluding hydrogens is 675 g/mol. The highest BCUT2D eigenvalue weighted by Gasteiger charge is 2.50. The number of aliphatic hydroxyl groups excluding tert-OH is 1. The van der Waals surface area contributed by atoms with E-state index in [0.717, 1.165) is 56.4 Å². The molecule has 4 atom stereocenters. The van der Waals surface area contributed by atoms with Crippen molar-refractivity contribution < 1.29 is 37.4 Å². The highest BCUT2D eigenvalue weighted by molar-refractivity contribution is 6.31. The summed E-state index contributed by atoms with van der Waals surface area (Å²) in [7, 11) is 0. The average Bonchev–Trinajstić information content (AvgIpc) is 3.56. The van der Waals surface area contributed by atoms with Gasteiger partial charge in [-0.3, -0.25) is 4.79 Å². The molecule has 3 unspecified atom stereocenters. The fraction of sp³-hybridized carbons (Fsp3) is 0.639. The van der Waals surface area contributed by atoms with Crippen LogP contribution in [0.25, 0.3) is 0 Å². The molecule has 4 amide bonds. The second-order valence-corrected chi connectivity index (χ2v) is 14.3. The van der Waals surface area contributed by atoms with Crippen molar-refractivity contribution in [2.45, 2.75) is 96.0 Å². The molecule has 2 fully saturated rings. The van der Waals surface area contributed by atoms with Crippen molar-refractivity contribution in [3.05, 3.63) is 52.3 Å². The van der Waals surface area contributed by atoms with Crippen molar-refractivity contribution in [3.63, 3.8) is 0 Å². The van der Waals surface area contributed by atoms with Gasteiger partial charge in [-0.2, -0.15) is 13.2 Å². The molecule has 3 heterocycles. The number of piperidine rings is 1. The van der Waals surface area contributed by atoms with Crippen molar-refractivity contribution in [2.75, 3.05) is 44.6 Å². The van der Waals surface area contributed by atoms with Crippen molar-refractivity contribution in [2.24, 2.45) is 11.8 Å². The van der Waals surface area contributed by atoms with E-state index < -0.39 is 46.9 Å². The van der Waals surface area contributed by atoms with Gasteiger partial charge in [-0.05, 0) is 81.7 Å². The number of alkyl carbamates (subject to hydrolysis) is 1. The van der Waals surface area contributed by atoms with Crippen molar-refractivity contribution >= 4 is 35.3 Å². The zero-order valence-electron chi connectivity index (χ0n) is 28.8. The normalized spacial score (nSPS) is 23.5. The van der Waals surface area contributed by atoms with Crippen LogP contribution in [0.3, 0.4) is 0 Å². The van der Waals surface area contributed by atoms with E-state index in [1.807, 2.05) is 31.2 Å². The van der Waals surface area contributed by atoms with Crippen LogP contribution in [0.2, 0.25) is 0 Å². The third-order valence-corrected chi connectivity index (χ3v) is 10.9. The molecule has 14 heteroatoms. The lowest BCUT2D eigenvalue weighted by Crippen LogP contribution is -2.50. The number of alkyl halides is 3. The summed E-state index contributed by atoms with van der Waals surface area (Å²) in [6, 6.07) is 7.65. The second-order valence-electron chi connectivity index (χ2n) is 13.8. The average molecular weight is 724 g/mol. The van der Waals surface area contributed by atoms with Gasteiger partial charge in [0.25, 0.3) is 5.91 Å². The number of amides is 4. The molecule has 3 aliphatic heterocycles. The lowest BCUT2D eigenvalue weighted by atomic mass is 9.79. The SMILES string of the molecule is CCCC(CCNC(=O)O[C@H](CC1=CC(Cl)=C(O)C(C(F)(F)F)C1C)C(=O)N1CCC(N2CCCC2)CC1)N1CCc2ccccc2NC1=O. The van der Waals surface area contributed by atoms with Gasteiger partial charge >= 0.3 is 18.3 Å². The van der Waals surface area contributed by atoms with Crippen LogP contribution in [0.1, 0.15) is 70.8 Å². The van der Waals surface area contributed by atoms with Crippen molar-refractivity contribution in [1.29, 1.82) is 0 Å². The fourth-order valence-electron chi connectivity index (χ4n) is 7.85. The number of halogens is 4. The first-order valence-corrected chi connectivity index (χ1v) is 18.2. The molecule has 1 aliphatic carbocycles. The number of anilines is 1. The zero-order valence-corrected chi connectivity index (χ0v) is 29.6. The Morgan fingerprint density at radius 1 is 1.10 bits per heavy atom. The number of carbonyl (C=O) groups excluding carboxylic acids is 3. The lowest BCUT2D eigenvalue weighted by Gasteiger charge is -2.38. The second kappa shape index (κ2) is 16.7. The Balaban J connectivity index is 1.25. The third-order valence-electron chi connectivity index (χ3n) is 10.6. The smallest absolute Gasteiger partial charge is 0.407 e. The number of benzene rings is 1. The summed E-state index contributed by atoms with van der Waals surface area (Å²) < 4.78 is 47.6.